The Bertz CT molecular complexity index is 1840. The molecule has 2 heterocycles. The highest BCUT2D eigenvalue weighted by Crippen LogP contribution is 2.36. The van der Waals surface area contributed by atoms with Gasteiger partial charge in [-0.2, -0.15) is 5.10 Å². The molecule has 0 radical (unpaired) electrons. The molecule has 9 nitrogen and oxygen atoms in total. The average Bonchev–Trinajstić information content (AvgIpc) is 3.85. The fourth-order valence-electron chi connectivity index (χ4n) is 9.37. The van der Waals surface area contributed by atoms with Gasteiger partial charge in [-0.1, -0.05) is 182 Å². The minimum absolute atomic E-state index is 0.0798. The first-order valence-corrected chi connectivity index (χ1v) is 33.2. The molecule has 432 valence electrons. The number of ether oxygens (including phenoxy) is 3. The summed E-state index contributed by atoms with van der Waals surface area (Å²) >= 11 is 0. The predicted octanol–water partition coefficient (Wildman–Crippen LogP) is 18.9. The van der Waals surface area contributed by atoms with Gasteiger partial charge in [0.2, 0.25) is 11.8 Å². The quantitative estimate of drug-likeness (QED) is 0.0222. The van der Waals surface area contributed by atoms with Crippen LogP contribution in [0.2, 0.25) is 0 Å². The summed E-state index contributed by atoms with van der Waals surface area (Å²) in [6.45, 7) is 8.32. The maximum atomic E-state index is 12.5. The lowest BCUT2D eigenvalue weighted by Gasteiger charge is -2.28. The van der Waals surface area contributed by atoms with Gasteiger partial charge in [0.25, 0.3) is 0 Å². The number of amides is 2. The molecule has 1 aliphatic rings. The third-order valence-electron chi connectivity index (χ3n) is 14.1. The van der Waals surface area contributed by atoms with Gasteiger partial charge in [0, 0.05) is 44.2 Å². The Kier molecular flexibility index (Phi) is 42.4. The standard InChI is InChI=1S/C66H106N4O5S2/c1-4-6-8-10-12-14-16-18-20-22-24-26-28-30-34-39-52-66(53-40-35-31-29-27-25-23-21-19-17-15-13-11-9-7-5-2)74-58-62(75-66)44-37-33-32-36-41-54-67-63(71)45-43-56-73-61-49-47-60(48-50-61)59(3)69-70-64(72)51-57-76-77-65-46-38-42-55-68-65/h12-15,18-21,38,42,46-50,55,62H,4-11,16-17,22-37,39-41,43-45,51-54,56-58H2,1-3H3,(H,67,71)(H,70,72)/b14-12-,15-13-,20-18-,21-19-,69-59+. The Balaban J connectivity index is 1.23. The Morgan fingerprint density at radius 2 is 1.21 bits per heavy atom. The van der Waals surface area contributed by atoms with E-state index in [-0.39, 0.29) is 23.7 Å². The number of rotatable bonds is 50. The van der Waals surface area contributed by atoms with Crippen LogP contribution >= 0.6 is 21.6 Å². The van der Waals surface area contributed by atoms with E-state index in [1.54, 1.807) is 27.8 Å². The van der Waals surface area contributed by atoms with Gasteiger partial charge in [-0.05, 0) is 156 Å². The number of hydrogen-bond acceptors (Lipinski definition) is 9. The molecular formula is C66H106N4O5S2. The largest absolute Gasteiger partial charge is 0.494 e. The van der Waals surface area contributed by atoms with Gasteiger partial charge in [-0.3, -0.25) is 9.59 Å². The van der Waals surface area contributed by atoms with E-state index in [4.69, 9.17) is 14.2 Å². The fraction of sp³-hybridized carbons (Fsp3) is 0.667. The Labute approximate surface area is 477 Å². The first kappa shape index (κ1) is 67.6. The highest BCUT2D eigenvalue weighted by Gasteiger charge is 2.40. The smallest absolute Gasteiger partial charge is 0.240 e. The molecule has 0 aliphatic carbocycles. The molecular weight excluding hydrogens is 993 g/mol. The first-order valence-electron chi connectivity index (χ1n) is 30.9. The summed E-state index contributed by atoms with van der Waals surface area (Å²) in [6, 6.07) is 13.4. The van der Waals surface area contributed by atoms with Crippen LogP contribution in [0.5, 0.6) is 5.75 Å². The monoisotopic (exact) mass is 1100 g/mol. The van der Waals surface area contributed by atoms with Crippen molar-refractivity contribution >= 4 is 39.1 Å². The van der Waals surface area contributed by atoms with Crippen LogP contribution in [-0.4, -0.2) is 59.9 Å². The molecule has 3 rings (SSSR count). The van der Waals surface area contributed by atoms with Crippen molar-refractivity contribution in [3.05, 3.63) is 103 Å². The van der Waals surface area contributed by atoms with Crippen molar-refractivity contribution in [3.63, 3.8) is 0 Å². The van der Waals surface area contributed by atoms with Crippen LogP contribution in [0.25, 0.3) is 0 Å². The van der Waals surface area contributed by atoms with E-state index in [1.165, 1.54) is 154 Å². The van der Waals surface area contributed by atoms with Gasteiger partial charge in [-0.25, -0.2) is 10.4 Å². The summed E-state index contributed by atoms with van der Waals surface area (Å²) < 4.78 is 19.4. The number of unbranched alkanes of at least 4 members (excludes halogenated alkanes) is 22. The molecule has 77 heavy (non-hydrogen) atoms. The van der Waals surface area contributed by atoms with Gasteiger partial charge >= 0.3 is 0 Å². The van der Waals surface area contributed by atoms with Crippen LogP contribution in [0.3, 0.4) is 0 Å². The molecule has 1 aromatic carbocycles. The average molecular weight is 1100 g/mol. The summed E-state index contributed by atoms with van der Waals surface area (Å²) in [4.78, 5) is 29.1. The minimum atomic E-state index is -0.386. The molecule has 1 saturated heterocycles. The van der Waals surface area contributed by atoms with Crippen LogP contribution in [0, 0.1) is 0 Å². The third kappa shape index (κ3) is 37.8. The van der Waals surface area contributed by atoms with E-state index in [0.29, 0.717) is 37.3 Å². The van der Waals surface area contributed by atoms with Crippen molar-refractivity contribution in [3.8, 4) is 5.75 Å². The van der Waals surface area contributed by atoms with Crippen LogP contribution in [-0.2, 0) is 19.1 Å². The highest BCUT2D eigenvalue weighted by atomic mass is 33.1. The zero-order chi connectivity index (χ0) is 54.8. The molecule has 2 N–H and O–H groups in total. The van der Waals surface area contributed by atoms with E-state index in [1.807, 2.05) is 49.4 Å². The number of benzene rings is 1. The molecule has 0 saturated carbocycles. The summed E-state index contributed by atoms with van der Waals surface area (Å²) in [7, 11) is 3.16. The topological polar surface area (TPSA) is 111 Å². The van der Waals surface area contributed by atoms with Gasteiger partial charge in [-0.15, -0.1) is 0 Å². The van der Waals surface area contributed by atoms with Gasteiger partial charge in [0.05, 0.1) is 25.0 Å². The van der Waals surface area contributed by atoms with Crippen molar-refractivity contribution in [2.45, 2.75) is 262 Å². The number of carbonyl (C=O) groups is 2. The van der Waals surface area contributed by atoms with Crippen LogP contribution in [0.15, 0.2) is 107 Å². The van der Waals surface area contributed by atoms with Gasteiger partial charge in [0.15, 0.2) is 5.79 Å². The zero-order valence-corrected chi connectivity index (χ0v) is 50.3. The Morgan fingerprint density at radius 1 is 0.649 bits per heavy atom. The van der Waals surface area contributed by atoms with Crippen molar-refractivity contribution in [2.75, 3.05) is 25.5 Å². The number of allylic oxidation sites excluding steroid dienone is 8. The van der Waals surface area contributed by atoms with Gasteiger partial charge < -0.3 is 19.5 Å². The van der Waals surface area contributed by atoms with Crippen LogP contribution in [0.4, 0.5) is 0 Å². The maximum absolute atomic E-state index is 12.5. The molecule has 1 fully saturated rings. The number of nitrogens with one attached hydrogen (secondary N) is 2. The molecule has 11 heteroatoms. The number of aromatic nitrogens is 1. The van der Waals surface area contributed by atoms with Crippen molar-refractivity contribution < 1.29 is 23.8 Å². The fourth-order valence-corrected chi connectivity index (χ4v) is 11.2. The van der Waals surface area contributed by atoms with E-state index in [9.17, 15) is 9.59 Å². The summed E-state index contributed by atoms with van der Waals surface area (Å²) in [6.07, 6.45) is 61.4. The normalized spacial score (nSPS) is 14.7. The number of hydrazone groups is 1. The molecule has 1 atom stereocenters. The molecule has 0 bridgehead atoms. The maximum Gasteiger partial charge on any atom is 0.240 e. The summed E-state index contributed by atoms with van der Waals surface area (Å²) in [5.74, 6) is 0.979. The molecule has 1 unspecified atom stereocenters. The van der Waals surface area contributed by atoms with Crippen LogP contribution in [0.1, 0.15) is 251 Å². The second-order valence-electron chi connectivity index (χ2n) is 21.1. The molecule has 0 spiro atoms. The van der Waals surface area contributed by atoms with Crippen LogP contribution < -0.4 is 15.5 Å². The zero-order valence-electron chi connectivity index (χ0n) is 48.6. The third-order valence-corrected chi connectivity index (χ3v) is 16.4. The summed E-state index contributed by atoms with van der Waals surface area (Å²) in [5, 5.41) is 8.29. The number of nitrogens with zero attached hydrogens (tertiary/aromatic N) is 2. The van der Waals surface area contributed by atoms with E-state index >= 15 is 0 Å². The Morgan fingerprint density at radius 3 is 1.79 bits per heavy atom. The lowest BCUT2D eigenvalue weighted by atomic mass is 9.98. The molecule has 1 aliphatic heterocycles. The lowest BCUT2D eigenvalue weighted by molar-refractivity contribution is -0.180. The predicted molar refractivity (Wildman–Crippen MR) is 331 cm³/mol. The second kappa shape index (κ2) is 48.3. The molecule has 1 aromatic heterocycles. The van der Waals surface area contributed by atoms with Crippen molar-refractivity contribution in [1.29, 1.82) is 0 Å². The molecule has 2 amide bonds. The highest BCUT2D eigenvalue weighted by molar-refractivity contribution is 8.76. The van der Waals surface area contributed by atoms with Crippen molar-refractivity contribution in [1.82, 2.24) is 15.7 Å². The van der Waals surface area contributed by atoms with Gasteiger partial charge in [0.1, 0.15) is 10.8 Å². The van der Waals surface area contributed by atoms with E-state index < -0.39 is 0 Å². The van der Waals surface area contributed by atoms with E-state index in [0.717, 1.165) is 80.9 Å². The number of hydrogen-bond donors (Lipinski definition) is 2. The minimum Gasteiger partial charge on any atom is -0.494 e. The van der Waals surface area contributed by atoms with E-state index in [2.05, 4.69) is 83.3 Å². The lowest BCUT2D eigenvalue weighted by Crippen LogP contribution is -2.31. The number of pyridine rings is 1. The second-order valence-corrected chi connectivity index (χ2v) is 23.5. The number of carbonyl (C=O) groups excluding carboxylic acids is 2. The SMILES string of the molecule is CCCCC/C=C\C/C=C\CCCCCCCCC1(CCCCCCCC/C=C\C/C=C\CCCCC)OCC(CCCCCCCNC(=O)CCCOc2ccc(/C(C)=N/NC(=O)CCSSc3ccccn3)cc2)O1. The summed E-state index contributed by atoms with van der Waals surface area (Å²) in [5.41, 5.74) is 4.27. The van der Waals surface area contributed by atoms with Crippen molar-refractivity contribution in [2.24, 2.45) is 5.10 Å². The Hall–Kier alpha value is -3.64. The first-order chi connectivity index (χ1) is 37.9. The molecule has 2 aromatic rings.